The second-order valence-electron chi connectivity index (χ2n) is 9.24. The van der Waals surface area contributed by atoms with Gasteiger partial charge in [-0.2, -0.15) is 0 Å². The number of amides is 2. The van der Waals surface area contributed by atoms with Crippen molar-refractivity contribution < 1.29 is 22.7 Å². The number of carbonyl (C=O) groups is 2. The molecular formula is C29H35N3O5S. The van der Waals surface area contributed by atoms with Crippen LogP contribution >= 0.6 is 0 Å². The maximum atomic E-state index is 14.0. The molecule has 2 amide bonds. The molecule has 0 aromatic heterocycles. The summed E-state index contributed by atoms with van der Waals surface area (Å²) in [7, 11) is -1.23. The standard InChI is InChI=1S/C29H35N3O5S/c1-20-11-14-25(15-12-20)38(35,36)32(26-17-21(2)13-16-27(26)37-6)19-28(33)31(23(4)29(34)30-5)18-24-10-8-7-9-22(24)3/h7-17,23H,18-19H2,1-6H3,(H,30,34). The fourth-order valence-corrected chi connectivity index (χ4v) is 5.52. The average molecular weight is 538 g/mol. The number of aryl methyl sites for hydroxylation is 3. The van der Waals surface area contributed by atoms with E-state index < -0.39 is 28.5 Å². The molecule has 202 valence electrons. The van der Waals surface area contributed by atoms with Gasteiger partial charge in [-0.05, 0) is 68.7 Å². The number of hydrogen-bond acceptors (Lipinski definition) is 5. The molecule has 0 aliphatic rings. The van der Waals surface area contributed by atoms with Crippen molar-refractivity contribution >= 4 is 27.5 Å². The molecule has 9 heteroatoms. The first kappa shape index (κ1) is 28.7. The van der Waals surface area contributed by atoms with Gasteiger partial charge in [0.25, 0.3) is 10.0 Å². The van der Waals surface area contributed by atoms with Crippen molar-refractivity contribution in [3.63, 3.8) is 0 Å². The van der Waals surface area contributed by atoms with Crippen LogP contribution in [0.15, 0.2) is 71.6 Å². The van der Waals surface area contributed by atoms with Crippen molar-refractivity contribution in [2.75, 3.05) is 25.0 Å². The zero-order valence-electron chi connectivity index (χ0n) is 22.7. The van der Waals surface area contributed by atoms with E-state index in [4.69, 9.17) is 4.74 Å². The maximum Gasteiger partial charge on any atom is 0.264 e. The van der Waals surface area contributed by atoms with Crippen molar-refractivity contribution in [1.29, 1.82) is 0 Å². The summed E-state index contributed by atoms with van der Waals surface area (Å²) in [6.07, 6.45) is 0. The van der Waals surface area contributed by atoms with Crippen LogP contribution in [0.1, 0.15) is 29.2 Å². The van der Waals surface area contributed by atoms with Gasteiger partial charge in [-0.1, -0.05) is 48.0 Å². The summed E-state index contributed by atoms with van der Waals surface area (Å²) < 4.78 is 34.5. The van der Waals surface area contributed by atoms with E-state index in [0.29, 0.717) is 5.75 Å². The zero-order valence-corrected chi connectivity index (χ0v) is 23.5. The second-order valence-corrected chi connectivity index (χ2v) is 11.1. The van der Waals surface area contributed by atoms with Crippen LogP contribution in [0.2, 0.25) is 0 Å². The minimum atomic E-state index is -4.18. The molecule has 0 aliphatic carbocycles. The fraction of sp³-hybridized carbons (Fsp3) is 0.310. The monoisotopic (exact) mass is 537 g/mol. The maximum absolute atomic E-state index is 14.0. The van der Waals surface area contributed by atoms with E-state index in [1.807, 2.05) is 45.0 Å². The summed E-state index contributed by atoms with van der Waals surface area (Å²) in [5.74, 6) is -0.569. The first-order valence-electron chi connectivity index (χ1n) is 12.3. The van der Waals surface area contributed by atoms with E-state index in [1.165, 1.54) is 31.2 Å². The van der Waals surface area contributed by atoms with Gasteiger partial charge >= 0.3 is 0 Å². The normalized spacial score (nSPS) is 11.9. The number of ether oxygens (including phenoxy) is 1. The molecular weight excluding hydrogens is 502 g/mol. The molecule has 0 saturated carbocycles. The molecule has 0 fully saturated rings. The van der Waals surface area contributed by atoms with Gasteiger partial charge < -0.3 is 15.0 Å². The highest BCUT2D eigenvalue weighted by Gasteiger charge is 2.33. The molecule has 0 saturated heterocycles. The van der Waals surface area contributed by atoms with Gasteiger partial charge in [0.1, 0.15) is 18.3 Å². The van der Waals surface area contributed by atoms with Crippen LogP contribution in [0.4, 0.5) is 5.69 Å². The minimum absolute atomic E-state index is 0.0456. The number of nitrogens with zero attached hydrogens (tertiary/aromatic N) is 2. The van der Waals surface area contributed by atoms with Gasteiger partial charge in [-0.15, -0.1) is 0 Å². The molecule has 0 heterocycles. The molecule has 0 radical (unpaired) electrons. The molecule has 1 N–H and O–H groups in total. The van der Waals surface area contributed by atoms with E-state index in [1.54, 1.807) is 37.3 Å². The number of likely N-dealkylation sites (N-methyl/N-ethyl adjacent to an activating group) is 1. The summed E-state index contributed by atoms with van der Waals surface area (Å²) >= 11 is 0. The molecule has 1 atom stereocenters. The number of nitrogens with one attached hydrogen (secondary N) is 1. The van der Waals surface area contributed by atoms with Gasteiger partial charge in [0.2, 0.25) is 11.8 Å². The first-order valence-corrected chi connectivity index (χ1v) is 13.7. The van der Waals surface area contributed by atoms with Crippen LogP contribution in [0.5, 0.6) is 5.75 Å². The molecule has 3 aromatic carbocycles. The summed E-state index contributed by atoms with van der Waals surface area (Å²) in [4.78, 5) is 28.0. The number of sulfonamides is 1. The van der Waals surface area contributed by atoms with Crippen LogP contribution in [0.3, 0.4) is 0 Å². The predicted molar refractivity (Wildman–Crippen MR) is 149 cm³/mol. The summed E-state index contributed by atoms with van der Waals surface area (Å²) in [6.45, 7) is 6.87. The SMILES string of the molecule is CNC(=O)C(C)N(Cc1ccccc1C)C(=O)CN(c1cc(C)ccc1OC)S(=O)(=O)c1ccc(C)cc1. The number of methoxy groups -OCH3 is 1. The van der Waals surface area contributed by atoms with Gasteiger partial charge in [-0.25, -0.2) is 8.42 Å². The number of rotatable bonds is 10. The lowest BCUT2D eigenvalue weighted by Gasteiger charge is -2.32. The molecule has 0 aliphatic heterocycles. The molecule has 0 spiro atoms. The van der Waals surface area contributed by atoms with E-state index in [2.05, 4.69) is 5.32 Å². The number of carbonyl (C=O) groups excluding carboxylic acids is 2. The highest BCUT2D eigenvalue weighted by molar-refractivity contribution is 7.92. The zero-order chi connectivity index (χ0) is 28.0. The highest BCUT2D eigenvalue weighted by atomic mass is 32.2. The quantitative estimate of drug-likeness (QED) is 0.422. The lowest BCUT2D eigenvalue weighted by Crippen LogP contribution is -2.50. The van der Waals surface area contributed by atoms with Crippen LogP contribution < -0.4 is 14.4 Å². The van der Waals surface area contributed by atoms with Gasteiger partial charge in [0.05, 0.1) is 17.7 Å². The van der Waals surface area contributed by atoms with Gasteiger partial charge in [0.15, 0.2) is 0 Å². The van der Waals surface area contributed by atoms with Crippen molar-refractivity contribution in [1.82, 2.24) is 10.2 Å². The third-order valence-electron chi connectivity index (χ3n) is 6.51. The van der Waals surface area contributed by atoms with E-state index in [9.17, 15) is 18.0 Å². The Morgan fingerprint density at radius 3 is 2.18 bits per heavy atom. The first-order chi connectivity index (χ1) is 18.0. The molecule has 38 heavy (non-hydrogen) atoms. The molecule has 3 rings (SSSR count). The summed E-state index contributed by atoms with van der Waals surface area (Å²) in [6, 6.07) is 18.3. The number of anilines is 1. The van der Waals surface area contributed by atoms with Crippen LogP contribution in [0.25, 0.3) is 0 Å². The van der Waals surface area contributed by atoms with Crippen molar-refractivity contribution in [3.8, 4) is 5.75 Å². The van der Waals surface area contributed by atoms with E-state index >= 15 is 0 Å². The third-order valence-corrected chi connectivity index (χ3v) is 8.28. The Bertz CT molecular complexity index is 1400. The lowest BCUT2D eigenvalue weighted by atomic mass is 10.1. The lowest BCUT2D eigenvalue weighted by molar-refractivity contribution is -0.139. The highest BCUT2D eigenvalue weighted by Crippen LogP contribution is 2.34. The number of hydrogen-bond donors (Lipinski definition) is 1. The molecule has 8 nitrogen and oxygen atoms in total. The Kier molecular flexibility index (Phi) is 9.17. The van der Waals surface area contributed by atoms with Crippen molar-refractivity contribution in [2.24, 2.45) is 0 Å². The van der Waals surface area contributed by atoms with E-state index in [-0.39, 0.29) is 23.0 Å². The average Bonchev–Trinajstić information content (AvgIpc) is 2.90. The van der Waals surface area contributed by atoms with Crippen molar-refractivity contribution in [2.45, 2.75) is 45.2 Å². The molecule has 3 aromatic rings. The predicted octanol–water partition coefficient (Wildman–Crippen LogP) is 3.98. The van der Waals surface area contributed by atoms with Crippen LogP contribution in [-0.2, 0) is 26.2 Å². The van der Waals surface area contributed by atoms with Gasteiger partial charge in [-0.3, -0.25) is 13.9 Å². The second kappa shape index (κ2) is 12.1. The molecule has 1 unspecified atom stereocenters. The number of benzene rings is 3. The van der Waals surface area contributed by atoms with Crippen molar-refractivity contribution in [3.05, 3.63) is 89.0 Å². The third kappa shape index (κ3) is 6.34. The topological polar surface area (TPSA) is 96.0 Å². The minimum Gasteiger partial charge on any atom is -0.495 e. The fourth-order valence-electron chi connectivity index (χ4n) is 4.11. The summed E-state index contributed by atoms with van der Waals surface area (Å²) in [5, 5.41) is 2.59. The smallest absolute Gasteiger partial charge is 0.264 e. The van der Waals surface area contributed by atoms with Crippen LogP contribution in [0, 0.1) is 20.8 Å². The Balaban J connectivity index is 2.12. The Labute approximate surface area is 225 Å². The molecule has 0 bridgehead atoms. The Morgan fingerprint density at radius 2 is 1.58 bits per heavy atom. The van der Waals surface area contributed by atoms with E-state index in [0.717, 1.165) is 26.6 Å². The van der Waals surface area contributed by atoms with Crippen LogP contribution in [-0.4, -0.2) is 51.9 Å². The summed E-state index contributed by atoms with van der Waals surface area (Å²) in [5.41, 5.74) is 3.76. The van der Waals surface area contributed by atoms with Gasteiger partial charge in [0, 0.05) is 13.6 Å². The Hall–Kier alpha value is -3.85. The largest absolute Gasteiger partial charge is 0.495 e. The Morgan fingerprint density at radius 1 is 0.947 bits per heavy atom.